The van der Waals surface area contributed by atoms with E-state index in [0.717, 1.165) is 11.6 Å². The molecule has 1 heterocycles. The van der Waals surface area contributed by atoms with E-state index in [2.05, 4.69) is 0 Å². The van der Waals surface area contributed by atoms with E-state index in [1.165, 1.54) is 12.1 Å². The minimum Gasteiger partial charge on any atom is -0.488 e. The first-order chi connectivity index (χ1) is 16.8. The molecule has 7 nitrogen and oxygen atoms in total. The highest BCUT2D eigenvalue weighted by Crippen LogP contribution is 2.21. The summed E-state index contributed by atoms with van der Waals surface area (Å²) in [5.41, 5.74) is 7.17. The molecule has 35 heavy (non-hydrogen) atoms. The lowest BCUT2D eigenvalue weighted by atomic mass is 10.1. The zero-order chi connectivity index (χ0) is 24.9. The summed E-state index contributed by atoms with van der Waals surface area (Å²) < 4.78 is 19.0. The molecular weight excluding hydrogens is 473 g/mol. The predicted octanol–water partition coefficient (Wildman–Crippen LogP) is 3.76. The Labute approximate surface area is 206 Å². The topological polar surface area (TPSA) is 92.9 Å². The molecule has 0 radical (unpaired) electrons. The van der Waals surface area contributed by atoms with E-state index in [1.54, 1.807) is 52.3 Å². The van der Waals surface area contributed by atoms with Crippen molar-refractivity contribution in [3.05, 3.63) is 99.8 Å². The van der Waals surface area contributed by atoms with Crippen LogP contribution in [-0.4, -0.2) is 53.7 Å². The Hall–Kier alpha value is -3.91. The van der Waals surface area contributed by atoms with Gasteiger partial charge in [-0.2, -0.15) is 0 Å². The van der Waals surface area contributed by atoms with Crippen molar-refractivity contribution in [2.45, 2.75) is 6.61 Å². The maximum atomic E-state index is 13.3. The SMILES string of the molecule is NC(=O)c1ccccc1OCc1cccc(C(=O)N2CCN(C(=O)c3ccc(F)cc3Cl)CC2)c1. The molecule has 1 saturated heterocycles. The minimum atomic E-state index is -0.580. The van der Waals surface area contributed by atoms with Gasteiger partial charge >= 0.3 is 0 Å². The molecule has 2 N–H and O–H groups in total. The van der Waals surface area contributed by atoms with Crippen LogP contribution in [0.25, 0.3) is 0 Å². The maximum Gasteiger partial charge on any atom is 0.255 e. The highest BCUT2D eigenvalue weighted by molar-refractivity contribution is 6.33. The highest BCUT2D eigenvalue weighted by atomic mass is 35.5. The Balaban J connectivity index is 1.37. The average molecular weight is 496 g/mol. The standard InChI is InChI=1S/C26H23ClFN3O4/c27-22-15-19(28)8-9-20(22)26(34)31-12-10-30(11-13-31)25(33)18-5-3-4-17(14-18)16-35-23-7-2-1-6-21(23)24(29)32/h1-9,14-15H,10-13,16H2,(H2,29,32). The number of hydrogen-bond acceptors (Lipinski definition) is 4. The first-order valence-electron chi connectivity index (χ1n) is 11.0. The predicted molar refractivity (Wildman–Crippen MR) is 129 cm³/mol. The molecule has 3 amide bonds. The molecule has 1 aliphatic heterocycles. The van der Waals surface area contributed by atoms with Gasteiger partial charge in [-0.05, 0) is 48.0 Å². The van der Waals surface area contributed by atoms with Gasteiger partial charge < -0.3 is 20.3 Å². The molecule has 3 aromatic carbocycles. The summed E-state index contributed by atoms with van der Waals surface area (Å²) in [7, 11) is 0. The lowest BCUT2D eigenvalue weighted by Gasteiger charge is -2.35. The van der Waals surface area contributed by atoms with Crippen molar-refractivity contribution in [1.29, 1.82) is 0 Å². The maximum absolute atomic E-state index is 13.3. The number of hydrogen-bond donors (Lipinski definition) is 1. The zero-order valence-corrected chi connectivity index (χ0v) is 19.5. The third-order valence-electron chi connectivity index (χ3n) is 5.74. The summed E-state index contributed by atoms with van der Waals surface area (Å²) in [5, 5.41) is 0.0611. The molecule has 0 aliphatic carbocycles. The van der Waals surface area contributed by atoms with E-state index in [1.807, 2.05) is 6.07 Å². The van der Waals surface area contributed by atoms with Crippen LogP contribution in [0.4, 0.5) is 4.39 Å². The Kier molecular flexibility index (Phi) is 7.31. The molecule has 1 fully saturated rings. The second-order valence-electron chi connectivity index (χ2n) is 8.06. The largest absolute Gasteiger partial charge is 0.488 e. The number of halogens is 2. The van der Waals surface area contributed by atoms with Gasteiger partial charge in [0.05, 0.1) is 16.1 Å². The Morgan fingerprint density at radius 3 is 2.23 bits per heavy atom. The first kappa shape index (κ1) is 24.2. The van der Waals surface area contributed by atoms with Crippen molar-refractivity contribution in [2.75, 3.05) is 26.2 Å². The first-order valence-corrected chi connectivity index (χ1v) is 11.4. The number of piperazine rings is 1. The molecule has 0 atom stereocenters. The molecule has 3 aromatic rings. The molecule has 0 bridgehead atoms. The van der Waals surface area contributed by atoms with Crippen molar-refractivity contribution >= 4 is 29.3 Å². The minimum absolute atomic E-state index is 0.0611. The van der Waals surface area contributed by atoms with Gasteiger partial charge in [0.15, 0.2) is 0 Å². The van der Waals surface area contributed by atoms with Crippen LogP contribution in [0.15, 0.2) is 66.7 Å². The zero-order valence-electron chi connectivity index (χ0n) is 18.7. The fraction of sp³-hybridized carbons (Fsp3) is 0.192. The summed E-state index contributed by atoms with van der Waals surface area (Å²) in [6, 6.07) is 17.4. The van der Waals surface area contributed by atoms with Crippen LogP contribution >= 0.6 is 11.6 Å². The quantitative estimate of drug-likeness (QED) is 0.563. The molecule has 1 aliphatic rings. The summed E-state index contributed by atoms with van der Waals surface area (Å²) in [6.45, 7) is 1.55. The van der Waals surface area contributed by atoms with Crippen LogP contribution in [0.3, 0.4) is 0 Å². The molecule has 4 rings (SSSR count). The highest BCUT2D eigenvalue weighted by Gasteiger charge is 2.26. The summed E-state index contributed by atoms with van der Waals surface area (Å²) >= 11 is 6.02. The molecular formula is C26H23ClFN3O4. The fourth-order valence-electron chi connectivity index (χ4n) is 3.88. The van der Waals surface area contributed by atoms with Crippen LogP contribution in [0.2, 0.25) is 5.02 Å². The Morgan fingerprint density at radius 1 is 0.857 bits per heavy atom. The monoisotopic (exact) mass is 495 g/mol. The van der Waals surface area contributed by atoms with E-state index in [0.29, 0.717) is 37.5 Å². The van der Waals surface area contributed by atoms with Gasteiger partial charge in [-0.25, -0.2) is 4.39 Å². The van der Waals surface area contributed by atoms with Crippen molar-refractivity contribution in [1.82, 2.24) is 9.80 Å². The number of carbonyl (C=O) groups is 3. The van der Waals surface area contributed by atoms with Crippen molar-refractivity contribution in [3.63, 3.8) is 0 Å². The van der Waals surface area contributed by atoms with Gasteiger partial charge in [0.1, 0.15) is 18.2 Å². The number of nitrogens with two attached hydrogens (primary N) is 1. The van der Waals surface area contributed by atoms with Gasteiger partial charge in [0, 0.05) is 31.7 Å². The smallest absolute Gasteiger partial charge is 0.255 e. The molecule has 180 valence electrons. The number of amides is 3. The van der Waals surface area contributed by atoms with Crippen molar-refractivity contribution in [3.8, 4) is 5.75 Å². The van der Waals surface area contributed by atoms with E-state index in [4.69, 9.17) is 22.1 Å². The van der Waals surface area contributed by atoms with Gasteiger partial charge in [0.25, 0.3) is 17.7 Å². The van der Waals surface area contributed by atoms with Gasteiger partial charge in [-0.1, -0.05) is 35.9 Å². The molecule has 0 saturated carbocycles. The van der Waals surface area contributed by atoms with Crippen molar-refractivity contribution < 1.29 is 23.5 Å². The molecule has 0 unspecified atom stereocenters. The number of benzene rings is 3. The van der Waals surface area contributed by atoms with Gasteiger partial charge in [0.2, 0.25) is 0 Å². The number of para-hydroxylation sites is 1. The average Bonchev–Trinajstić information content (AvgIpc) is 2.87. The Bertz CT molecular complexity index is 1270. The summed E-state index contributed by atoms with van der Waals surface area (Å²) in [6.07, 6.45) is 0. The van der Waals surface area contributed by atoms with E-state index in [-0.39, 0.29) is 34.6 Å². The number of nitrogens with zero attached hydrogens (tertiary/aromatic N) is 2. The van der Waals surface area contributed by atoms with Gasteiger partial charge in [-0.15, -0.1) is 0 Å². The number of primary amides is 1. The third-order valence-corrected chi connectivity index (χ3v) is 6.05. The molecule has 0 aromatic heterocycles. The normalized spacial score (nSPS) is 13.4. The fourth-order valence-corrected chi connectivity index (χ4v) is 4.13. The van der Waals surface area contributed by atoms with Crippen LogP contribution < -0.4 is 10.5 Å². The molecule has 0 spiro atoms. The third kappa shape index (κ3) is 5.60. The summed E-state index contributed by atoms with van der Waals surface area (Å²) in [5.74, 6) is -1.16. The number of rotatable bonds is 6. The summed E-state index contributed by atoms with van der Waals surface area (Å²) in [4.78, 5) is 40.7. The van der Waals surface area contributed by atoms with Gasteiger partial charge in [-0.3, -0.25) is 14.4 Å². The lowest BCUT2D eigenvalue weighted by molar-refractivity contribution is 0.0535. The number of ether oxygens (including phenoxy) is 1. The Morgan fingerprint density at radius 2 is 1.54 bits per heavy atom. The van der Waals surface area contributed by atoms with Crippen molar-refractivity contribution in [2.24, 2.45) is 5.73 Å². The van der Waals surface area contributed by atoms with Crippen LogP contribution in [0.1, 0.15) is 36.6 Å². The van der Waals surface area contributed by atoms with E-state index < -0.39 is 11.7 Å². The van der Waals surface area contributed by atoms with E-state index >= 15 is 0 Å². The number of carbonyl (C=O) groups excluding carboxylic acids is 3. The second-order valence-corrected chi connectivity index (χ2v) is 8.47. The van der Waals surface area contributed by atoms with Crippen LogP contribution in [0.5, 0.6) is 5.75 Å². The molecule has 9 heteroatoms. The second kappa shape index (κ2) is 10.6. The van der Waals surface area contributed by atoms with E-state index in [9.17, 15) is 18.8 Å². The van der Waals surface area contributed by atoms with Crippen LogP contribution in [-0.2, 0) is 6.61 Å². The van der Waals surface area contributed by atoms with Crippen LogP contribution in [0, 0.1) is 5.82 Å². The lowest BCUT2D eigenvalue weighted by Crippen LogP contribution is -2.50.